The number of para-hydroxylation sites is 1. The monoisotopic (exact) mass is 491 g/mol. The Morgan fingerprint density at radius 3 is 2.27 bits per heavy atom. The molecular formula is C23H14Cl2F3N3O2. The van der Waals surface area contributed by atoms with Crippen molar-refractivity contribution in [1.82, 2.24) is 9.78 Å². The van der Waals surface area contributed by atoms with Crippen LogP contribution in [-0.4, -0.2) is 20.8 Å². The van der Waals surface area contributed by atoms with E-state index in [9.17, 15) is 23.1 Å². The first-order valence-electron chi connectivity index (χ1n) is 9.46. The van der Waals surface area contributed by atoms with Gasteiger partial charge in [-0.15, -0.1) is 0 Å². The number of nitrogens with zero attached hydrogens (tertiary/aromatic N) is 2. The van der Waals surface area contributed by atoms with E-state index in [2.05, 4.69) is 10.4 Å². The van der Waals surface area contributed by atoms with Crippen molar-refractivity contribution in [3.63, 3.8) is 0 Å². The fraction of sp³-hybridized carbons (Fsp3) is 0.0435. The summed E-state index contributed by atoms with van der Waals surface area (Å²) in [5.74, 6) is -0.578. The molecule has 0 saturated carbocycles. The maximum atomic E-state index is 13.4. The molecule has 33 heavy (non-hydrogen) atoms. The van der Waals surface area contributed by atoms with Crippen molar-refractivity contribution < 1.29 is 23.1 Å². The number of alkyl halides is 3. The van der Waals surface area contributed by atoms with Crippen LogP contribution in [0.1, 0.15) is 16.1 Å². The highest BCUT2D eigenvalue weighted by atomic mass is 35.5. The average Bonchev–Trinajstić information content (AvgIpc) is 3.22. The normalized spacial score (nSPS) is 11.4. The van der Waals surface area contributed by atoms with Crippen LogP contribution in [0.15, 0.2) is 72.8 Å². The van der Waals surface area contributed by atoms with E-state index in [0.29, 0.717) is 11.3 Å². The molecule has 1 aromatic heterocycles. The van der Waals surface area contributed by atoms with Gasteiger partial charge in [0.05, 0.1) is 21.4 Å². The minimum absolute atomic E-state index is 0.0800. The largest absolute Gasteiger partial charge is 0.506 e. The maximum absolute atomic E-state index is 13.4. The van der Waals surface area contributed by atoms with Crippen LogP contribution < -0.4 is 5.32 Å². The number of hydrogen-bond acceptors (Lipinski definition) is 3. The van der Waals surface area contributed by atoms with Gasteiger partial charge in [0.1, 0.15) is 5.75 Å². The van der Waals surface area contributed by atoms with E-state index in [-0.39, 0.29) is 32.7 Å². The molecule has 0 aliphatic rings. The summed E-state index contributed by atoms with van der Waals surface area (Å²) in [5, 5.41) is 16.1. The molecule has 0 radical (unpaired) electrons. The molecular weight excluding hydrogens is 478 g/mol. The van der Waals surface area contributed by atoms with Gasteiger partial charge in [-0.2, -0.15) is 18.3 Å². The quantitative estimate of drug-likeness (QED) is 0.307. The third-order valence-electron chi connectivity index (χ3n) is 4.73. The van der Waals surface area contributed by atoms with Crippen molar-refractivity contribution >= 4 is 34.8 Å². The van der Waals surface area contributed by atoms with Gasteiger partial charge in [-0.3, -0.25) is 4.79 Å². The third kappa shape index (κ3) is 4.81. The number of anilines is 1. The van der Waals surface area contributed by atoms with Gasteiger partial charge in [0.25, 0.3) is 5.91 Å². The average molecular weight is 492 g/mol. The molecule has 2 N–H and O–H groups in total. The Kier molecular flexibility index (Phi) is 6.05. The number of aromatic nitrogens is 2. The number of phenols is 1. The van der Waals surface area contributed by atoms with Crippen LogP contribution in [0.4, 0.5) is 18.9 Å². The Balaban J connectivity index is 1.67. The summed E-state index contributed by atoms with van der Waals surface area (Å²) in [6, 6.07) is 17.5. The highest BCUT2D eigenvalue weighted by Crippen LogP contribution is 2.34. The van der Waals surface area contributed by atoms with Crippen LogP contribution in [0.5, 0.6) is 5.75 Å². The van der Waals surface area contributed by atoms with Crippen molar-refractivity contribution in [3.05, 3.63) is 94.1 Å². The second-order valence-electron chi connectivity index (χ2n) is 6.97. The van der Waals surface area contributed by atoms with E-state index >= 15 is 0 Å². The minimum atomic E-state index is -4.65. The number of carbonyl (C=O) groups excluding carboxylic acids is 1. The Morgan fingerprint density at radius 2 is 1.64 bits per heavy atom. The van der Waals surface area contributed by atoms with E-state index in [4.69, 9.17) is 23.2 Å². The molecule has 0 atom stereocenters. The summed E-state index contributed by atoms with van der Waals surface area (Å²) in [6.45, 7) is 0. The number of amides is 1. The summed E-state index contributed by atoms with van der Waals surface area (Å²) < 4.78 is 41.2. The Labute approximate surface area is 196 Å². The molecule has 4 aromatic rings. The summed E-state index contributed by atoms with van der Waals surface area (Å²) in [6.07, 6.45) is -4.65. The minimum Gasteiger partial charge on any atom is -0.506 e. The lowest BCUT2D eigenvalue weighted by Crippen LogP contribution is -2.11. The molecule has 5 nitrogen and oxygen atoms in total. The molecule has 4 rings (SSSR count). The van der Waals surface area contributed by atoms with E-state index in [0.717, 1.165) is 10.7 Å². The molecule has 0 fully saturated rings. The molecule has 0 spiro atoms. The number of benzene rings is 3. The zero-order valence-electron chi connectivity index (χ0n) is 16.6. The zero-order chi connectivity index (χ0) is 23.8. The van der Waals surface area contributed by atoms with Crippen molar-refractivity contribution in [2.45, 2.75) is 6.18 Å². The maximum Gasteiger partial charge on any atom is 0.435 e. The van der Waals surface area contributed by atoms with Gasteiger partial charge in [0.15, 0.2) is 5.69 Å². The van der Waals surface area contributed by atoms with Gasteiger partial charge in [-0.05, 0) is 48.5 Å². The number of rotatable bonds is 4. The fourth-order valence-electron chi connectivity index (χ4n) is 3.11. The first-order chi connectivity index (χ1) is 15.6. The van der Waals surface area contributed by atoms with Crippen molar-refractivity contribution in [2.75, 3.05) is 5.32 Å². The molecule has 0 unspecified atom stereocenters. The second-order valence-corrected chi connectivity index (χ2v) is 7.79. The van der Waals surface area contributed by atoms with Crippen LogP contribution in [0.3, 0.4) is 0 Å². The zero-order valence-corrected chi connectivity index (χ0v) is 18.1. The Hall–Kier alpha value is -3.49. The van der Waals surface area contributed by atoms with Crippen LogP contribution in [0.25, 0.3) is 16.9 Å². The molecule has 10 heteroatoms. The van der Waals surface area contributed by atoms with Crippen LogP contribution in [0.2, 0.25) is 10.0 Å². The van der Waals surface area contributed by atoms with Gasteiger partial charge in [-0.1, -0.05) is 47.5 Å². The number of carbonyl (C=O) groups is 1. The fourth-order valence-corrected chi connectivity index (χ4v) is 3.51. The highest BCUT2D eigenvalue weighted by molar-refractivity contribution is 6.32. The van der Waals surface area contributed by atoms with E-state index in [1.165, 1.54) is 42.5 Å². The van der Waals surface area contributed by atoms with Crippen molar-refractivity contribution in [1.29, 1.82) is 0 Å². The lowest BCUT2D eigenvalue weighted by Gasteiger charge is -2.10. The number of nitrogens with one attached hydrogen (secondary N) is 1. The third-order valence-corrected chi connectivity index (χ3v) is 5.35. The molecule has 0 bridgehead atoms. The number of hydrogen-bond donors (Lipinski definition) is 2. The van der Waals surface area contributed by atoms with Gasteiger partial charge >= 0.3 is 6.18 Å². The highest BCUT2D eigenvalue weighted by Gasteiger charge is 2.35. The Morgan fingerprint density at radius 1 is 0.939 bits per heavy atom. The predicted octanol–water partition coefficient (Wildman–Crippen LogP) is 6.82. The Bertz CT molecular complexity index is 1340. The summed E-state index contributed by atoms with van der Waals surface area (Å²) in [4.78, 5) is 12.5. The smallest absolute Gasteiger partial charge is 0.435 e. The first-order valence-corrected chi connectivity index (χ1v) is 10.2. The van der Waals surface area contributed by atoms with Gasteiger partial charge in [0.2, 0.25) is 0 Å². The van der Waals surface area contributed by atoms with Gasteiger partial charge in [-0.25, -0.2) is 4.68 Å². The summed E-state index contributed by atoms with van der Waals surface area (Å²) >= 11 is 12.0. The SMILES string of the molecule is O=C(Nc1ccc(O)c(Cl)c1)c1ccc(-c2cc(C(F)(F)F)nn2-c2ccccc2Cl)cc1. The molecule has 3 aromatic carbocycles. The van der Waals surface area contributed by atoms with Gasteiger partial charge in [0, 0.05) is 16.8 Å². The lowest BCUT2D eigenvalue weighted by atomic mass is 10.1. The van der Waals surface area contributed by atoms with Crippen LogP contribution in [-0.2, 0) is 6.18 Å². The number of halogens is 5. The topological polar surface area (TPSA) is 67.2 Å². The molecule has 168 valence electrons. The summed E-state index contributed by atoms with van der Waals surface area (Å²) in [7, 11) is 0. The molecule has 1 heterocycles. The molecule has 0 aliphatic carbocycles. The van der Waals surface area contributed by atoms with E-state index in [1.807, 2.05) is 0 Å². The number of aromatic hydroxyl groups is 1. The standard InChI is InChI=1S/C23H14Cl2F3N3O2/c24-16-3-1-2-4-18(16)31-19(12-21(30-31)23(26,27)28)13-5-7-14(8-6-13)22(33)29-15-9-10-20(32)17(25)11-15/h1-12,32H,(H,29,33). The molecule has 0 saturated heterocycles. The first kappa shape index (κ1) is 22.7. The lowest BCUT2D eigenvalue weighted by molar-refractivity contribution is -0.141. The van der Waals surface area contributed by atoms with Crippen LogP contribution in [0, 0.1) is 0 Å². The van der Waals surface area contributed by atoms with Gasteiger partial charge < -0.3 is 10.4 Å². The molecule has 0 aliphatic heterocycles. The second kappa shape index (κ2) is 8.80. The summed E-state index contributed by atoms with van der Waals surface area (Å²) in [5.41, 5.74) is 0.426. The number of phenolic OH excluding ortho intramolecular Hbond substituents is 1. The van der Waals surface area contributed by atoms with E-state index in [1.54, 1.807) is 24.3 Å². The van der Waals surface area contributed by atoms with Crippen molar-refractivity contribution in [3.8, 4) is 22.7 Å². The van der Waals surface area contributed by atoms with Crippen LogP contribution >= 0.6 is 23.2 Å². The molecule has 1 amide bonds. The predicted molar refractivity (Wildman–Crippen MR) is 120 cm³/mol. The van der Waals surface area contributed by atoms with Crippen molar-refractivity contribution in [2.24, 2.45) is 0 Å². The van der Waals surface area contributed by atoms with E-state index < -0.39 is 17.8 Å².